The van der Waals surface area contributed by atoms with Crippen molar-refractivity contribution in [3.8, 4) is 0 Å². The smallest absolute Gasteiger partial charge is 0.258 e. The molecular weight excluding hydrogens is 380 g/mol. The van der Waals surface area contributed by atoms with Crippen LogP contribution in [0.2, 0.25) is 0 Å². The molecule has 0 saturated carbocycles. The molecule has 0 unspecified atom stereocenters. The third kappa shape index (κ3) is 4.23. The minimum Gasteiger partial charge on any atom is -0.378 e. The molecule has 1 aliphatic rings. The van der Waals surface area contributed by atoms with Crippen LogP contribution in [0.15, 0.2) is 78.9 Å². The number of amides is 1. The summed E-state index contributed by atoms with van der Waals surface area (Å²) < 4.78 is 0. The number of anilines is 2. The van der Waals surface area contributed by atoms with E-state index in [4.69, 9.17) is 0 Å². The van der Waals surface area contributed by atoms with Crippen molar-refractivity contribution in [3.63, 3.8) is 0 Å². The van der Waals surface area contributed by atoms with Gasteiger partial charge in [0.05, 0.1) is 6.04 Å². The molecule has 0 aromatic heterocycles. The van der Waals surface area contributed by atoms with Crippen LogP contribution in [0.5, 0.6) is 0 Å². The van der Waals surface area contributed by atoms with Crippen LogP contribution in [-0.2, 0) is 6.42 Å². The third-order valence-electron chi connectivity index (χ3n) is 6.47. The van der Waals surface area contributed by atoms with Crippen LogP contribution < -0.4 is 10.2 Å². The molecule has 0 radical (unpaired) electrons. The van der Waals surface area contributed by atoms with Gasteiger partial charge in [-0.25, -0.2) is 0 Å². The number of carbonyl (C=O) groups is 1. The van der Waals surface area contributed by atoms with E-state index >= 15 is 0 Å². The predicted octanol–water partition coefficient (Wildman–Crippen LogP) is 6.87. The minimum absolute atomic E-state index is 0.0901. The number of para-hydroxylation sites is 2. The first-order valence-electron chi connectivity index (χ1n) is 11.5. The summed E-state index contributed by atoms with van der Waals surface area (Å²) in [6.07, 6.45) is 3.06. The van der Waals surface area contributed by atoms with Gasteiger partial charge in [-0.05, 0) is 54.3 Å². The van der Waals surface area contributed by atoms with Crippen LogP contribution in [0.1, 0.15) is 61.1 Å². The highest BCUT2D eigenvalue weighted by atomic mass is 16.2. The number of hydrogen-bond donors (Lipinski definition) is 1. The Morgan fingerprint density at radius 2 is 1.58 bits per heavy atom. The molecule has 1 aliphatic heterocycles. The molecule has 3 heteroatoms. The van der Waals surface area contributed by atoms with Crippen molar-refractivity contribution in [2.24, 2.45) is 5.92 Å². The first-order valence-corrected chi connectivity index (χ1v) is 11.5. The Labute approximate surface area is 186 Å². The summed E-state index contributed by atoms with van der Waals surface area (Å²) in [5, 5.41) is 3.73. The normalized spacial score (nSPS) is 20.2. The summed E-state index contributed by atoms with van der Waals surface area (Å²) in [6.45, 7) is 6.62. The molecule has 1 N–H and O–H groups in total. The van der Waals surface area contributed by atoms with Crippen molar-refractivity contribution in [2.45, 2.75) is 52.1 Å². The number of benzene rings is 3. The lowest BCUT2D eigenvalue weighted by Gasteiger charge is -2.45. The Morgan fingerprint density at radius 3 is 2.26 bits per heavy atom. The van der Waals surface area contributed by atoms with Crippen molar-refractivity contribution in [3.05, 3.63) is 95.6 Å². The van der Waals surface area contributed by atoms with Gasteiger partial charge in [0.2, 0.25) is 0 Å². The summed E-state index contributed by atoms with van der Waals surface area (Å²) in [4.78, 5) is 15.8. The molecule has 1 heterocycles. The van der Waals surface area contributed by atoms with E-state index in [1.165, 1.54) is 11.1 Å². The summed E-state index contributed by atoms with van der Waals surface area (Å²) in [5.74, 6) is 0.357. The first kappa shape index (κ1) is 21.2. The molecule has 4 rings (SSSR count). The number of rotatable bonds is 6. The van der Waals surface area contributed by atoms with E-state index in [-0.39, 0.29) is 23.9 Å². The van der Waals surface area contributed by atoms with E-state index in [0.717, 1.165) is 36.2 Å². The molecule has 3 aromatic carbocycles. The zero-order chi connectivity index (χ0) is 21.8. The fourth-order valence-electron chi connectivity index (χ4n) is 4.87. The molecule has 0 bridgehead atoms. The van der Waals surface area contributed by atoms with Gasteiger partial charge in [0.15, 0.2) is 0 Å². The Bertz CT molecular complexity index is 1010. The average molecular weight is 413 g/mol. The van der Waals surface area contributed by atoms with Gasteiger partial charge in [-0.1, -0.05) is 75.7 Å². The Balaban J connectivity index is 1.71. The largest absolute Gasteiger partial charge is 0.378 e. The molecular formula is C28H32N2O. The van der Waals surface area contributed by atoms with Gasteiger partial charge in [-0.3, -0.25) is 4.79 Å². The molecule has 0 aliphatic carbocycles. The Morgan fingerprint density at radius 1 is 0.903 bits per heavy atom. The molecule has 3 atom stereocenters. The van der Waals surface area contributed by atoms with Crippen molar-refractivity contribution in [1.29, 1.82) is 0 Å². The van der Waals surface area contributed by atoms with Gasteiger partial charge in [0.1, 0.15) is 0 Å². The zero-order valence-electron chi connectivity index (χ0n) is 18.7. The van der Waals surface area contributed by atoms with Gasteiger partial charge in [0.25, 0.3) is 5.91 Å². The molecule has 0 saturated heterocycles. The van der Waals surface area contributed by atoms with Crippen LogP contribution in [0.4, 0.5) is 11.4 Å². The lowest BCUT2D eigenvalue weighted by atomic mass is 9.80. The van der Waals surface area contributed by atoms with Crippen LogP contribution >= 0.6 is 0 Å². The van der Waals surface area contributed by atoms with Gasteiger partial charge in [0, 0.05) is 28.9 Å². The van der Waals surface area contributed by atoms with Gasteiger partial charge in [-0.15, -0.1) is 0 Å². The van der Waals surface area contributed by atoms with Gasteiger partial charge in [-0.2, -0.15) is 0 Å². The van der Waals surface area contributed by atoms with Gasteiger partial charge < -0.3 is 10.2 Å². The molecule has 1 amide bonds. The quantitative estimate of drug-likeness (QED) is 0.479. The summed E-state index contributed by atoms with van der Waals surface area (Å²) in [6, 6.07) is 27.1. The number of nitrogens with zero attached hydrogens (tertiary/aromatic N) is 1. The molecule has 160 valence electrons. The van der Waals surface area contributed by atoms with Crippen LogP contribution in [0.25, 0.3) is 0 Å². The zero-order valence-corrected chi connectivity index (χ0v) is 18.7. The molecule has 0 spiro atoms. The monoisotopic (exact) mass is 412 g/mol. The number of aryl methyl sites for hydroxylation is 1. The van der Waals surface area contributed by atoms with E-state index in [1.807, 2.05) is 29.2 Å². The standard InChI is InChI=1S/C28H32N2O/c1-4-11-21-16-18-22(19-17-21)28(31)30-25(5-2)20(3)27(24-14-9-10-15-26(24)30)29-23-12-7-6-8-13-23/h6-10,12-20,25,27,29H,4-5,11H2,1-3H3/t20-,25-,27-/m1/s1. The summed E-state index contributed by atoms with van der Waals surface area (Å²) in [7, 11) is 0. The molecule has 3 nitrogen and oxygen atoms in total. The Kier molecular flexibility index (Phi) is 6.41. The average Bonchev–Trinajstić information content (AvgIpc) is 2.81. The maximum Gasteiger partial charge on any atom is 0.258 e. The fourth-order valence-corrected chi connectivity index (χ4v) is 4.87. The highest BCUT2D eigenvalue weighted by Gasteiger charge is 2.40. The second kappa shape index (κ2) is 9.38. The van der Waals surface area contributed by atoms with E-state index < -0.39 is 0 Å². The molecule has 3 aromatic rings. The van der Waals surface area contributed by atoms with Crippen molar-refractivity contribution in [1.82, 2.24) is 0 Å². The second-order valence-electron chi connectivity index (χ2n) is 8.50. The van der Waals surface area contributed by atoms with Crippen molar-refractivity contribution < 1.29 is 4.79 Å². The number of fused-ring (bicyclic) bond motifs is 1. The summed E-state index contributed by atoms with van der Waals surface area (Å²) in [5.41, 5.74) is 5.35. The lowest BCUT2D eigenvalue weighted by molar-refractivity contribution is 0.0960. The van der Waals surface area contributed by atoms with Gasteiger partial charge >= 0.3 is 0 Å². The van der Waals surface area contributed by atoms with E-state index in [1.54, 1.807) is 0 Å². The van der Waals surface area contributed by atoms with E-state index in [0.29, 0.717) is 0 Å². The van der Waals surface area contributed by atoms with Crippen LogP contribution in [-0.4, -0.2) is 11.9 Å². The summed E-state index contributed by atoms with van der Waals surface area (Å²) >= 11 is 0. The highest BCUT2D eigenvalue weighted by molar-refractivity contribution is 6.07. The second-order valence-corrected chi connectivity index (χ2v) is 8.50. The number of nitrogens with one attached hydrogen (secondary N) is 1. The minimum atomic E-state index is 0.0901. The third-order valence-corrected chi connectivity index (χ3v) is 6.47. The number of carbonyl (C=O) groups excluding carboxylic acids is 1. The van der Waals surface area contributed by atoms with E-state index in [2.05, 4.69) is 80.7 Å². The Hall–Kier alpha value is -3.07. The predicted molar refractivity (Wildman–Crippen MR) is 130 cm³/mol. The van der Waals surface area contributed by atoms with Crippen molar-refractivity contribution >= 4 is 17.3 Å². The maximum absolute atomic E-state index is 13.7. The van der Waals surface area contributed by atoms with Crippen LogP contribution in [0.3, 0.4) is 0 Å². The van der Waals surface area contributed by atoms with Crippen LogP contribution in [0, 0.1) is 5.92 Å². The molecule has 31 heavy (non-hydrogen) atoms. The van der Waals surface area contributed by atoms with E-state index in [9.17, 15) is 4.79 Å². The maximum atomic E-state index is 13.7. The lowest BCUT2D eigenvalue weighted by Crippen LogP contribution is -2.50. The van der Waals surface area contributed by atoms with Crippen molar-refractivity contribution in [2.75, 3.05) is 10.2 Å². The number of hydrogen-bond acceptors (Lipinski definition) is 2. The SMILES string of the molecule is CCCc1ccc(C(=O)N2c3ccccc3[C@H](Nc3ccccc3)[C@H](C)[C@H]2CC)cc1. The highest BCUT2D eigenvalue weighted by Crippen LogP contribution is 2.43. The fraction of sp³-hybridized carbons (Fsp3) is 0.321. The molecule has 0 fully saturated rings. The topological polar surface area (TPSA) is 32.3 Å². The first-order chi connectivity index (χ1) is 15.1.